The summed E-state index contributed by atoms with van der Waals surface area (Å²) in [6, 6.07) is 4.30. The van der Waals surface area contributed by atoms with Gasteiger partial charge in [-0.3, -0.25) is 4.90 Å². The van der Waals surface area contributed by atoms with Gasteiger partial charge in [0, 0.05) is 48.4 Å². The number of nitrogens with zero attached hydrogens (tertiary/aromatic N) is 4. The van der Waals surface area contributed by atoms with E-state index in [4.69, 9.17) is 10.5 Å². The maximum Gasteiger partial charge on any atom is 0.354 e. The molecule has 33 heavy (non-hydrogen) atoms. The molecule has 0 amide bonds. The zero-order valence-electron chi connectivity index (χ0n) is 17.9. The van der Waals surface area contributed by atoms with E-state index in [1.54, 1.807) is 11.4 Å². The van der Waals surface area contributed by atoms with Crippen LogP contribution in [0.5, 0.6) is 0 Å². The van der Waals surface area contributed by atoms with E-state index in [1.165, 1.54) is 6.07 Å². The molecule has 1 fully saturated rings. The third-order valence-corrected chi connectivity index (χ3v) is 6.34. The monoisotopic (exact) mass is 479 g/mol. The Hall–Kier alpha value is -2.66. The molecule has 3 N–H and O–H groups in total. The average molecular weight is 480 g/mol. The molecule has 4 heterocycles. The number of halogens is 3. The summed E-state index contributed by atoms with van der Waals surface area (Å²) in [4.78, 5) is 18.0. The van der Waals surface area contributed by atoms with E-state index in [1.807, 2.05) is 0 Å². The van der Waals surface area contributed by atoms with Crippen molar-refractivity contribution in [3.8, 4) is 0 Å². The van der Waals surface area contributed by atoms with Crippen LogP contribution in [0.1, 0.15) is 45.5 Å². The number of nitrogens with two attached hydrogens (primary N) is 1. The highest BCUT2D eigenvalue weighted by Crippen LogP contribution is 2.33. The van der Waals surface area contributed by atoms with Crippen molar-refractivity contribution < 1.29 is 23.4 Å². The predicted octanol–water partition coefficient (Wildman–Crippen LogP) is 2.65. The summed E-state index contributed by atoms with van der Waals surface area (Å²) in [6.07, 6.45) is 0.540. The molecule has 1 saturated heterocycles. The number of benzene rings is 1. The molecule has 0 spiro atoms. The average Bonchev–Trinajstić information content (AvgIpc) is 3.14. The first kappa shape index (κ1) is 23.5. The summed E-state index contributed by atoms with van der Waals surface area (Å²) < 4.78 is 35.4. The molecule has 3 aromatic rings. The molecule has 2 aliphatic rings. The first-order valence-corrected chi connectivity index (χ1v) is 10.5. The molecule has 0 radical (unpaired) electrons. The molecule has 0 saturated carbocycles. The Kier molecular flexibility index (Phi) is 6.37. The second-order valence-electron chi connectivity index (χ2n) is 8.44. The van der Waals surface area contributed by atoms with Gasteiger partial charge in [-0.1, -0.05) is 0 Å². The smallest absolute Gasteiger partial charge is 0.354 e. The van der Waals surface area contributed by atoms with E-state index in [0.29, 0.717) is 37.3 Å². The van der Waals surface area contributed by atoms with Crippen molar-refractivity contribution in [1.82, 2.24) is 19.5 Å². The topological polar surface area (TPSA) is 106 Å². The summed E-state index contributed by atoms with van der Waals surface area (Å²) in [5.41, 5.74) is 9.50. The van der Waals surface area contributed by atoms with Crippen LogP contribution in [0.4, 0.5) is 8.78 Å². The molecule has 8 nitrogen and oxygen atoms in total. The summed E-state index contributed by atoms with van der Waals surface area (Å²) >= 11 is 0. The van der Waals surface area contributed by atoms with Crippen LogP contribution in [0.15, 0.2) is 24.3 Å². The standard InChI is InChI=1S/C22H23F2N5O3.ClH/c1-11-6-19(22(30)31)26-21-15-9-28(5-4-18(15)27-29(11)21)13-8-17(25)20(32-10-13)14-7-12(23)2-3-16(14)24;/h2-3,6-7,13,17,20H,4-5,8-10,25H2,1H3,(H,30,31);1H/t13-,17+,20-;/m1./s1. The van der Waals surface area contributed by atoms with E-state index >= 15 is 0 Å². The summed E-state index contributed by atoms with van der Waals surface area (Å²) in [5, 5.41) is 14.0. The maximum atomic E-state index is 14.2. The van der Waals surface area contributed by atoms with Crippen LogP contribution in [-0.2, 0) is 17.7 Å². The fourth-order valence-electron chi connectivity index (χ4n) is 4.72. The van der Waals surface area contributed by atoms with Crippen LogP contribution in [0, 0.1) is 18.6 Å². The van der Waals surface area contributed by atoms with Gasteiger partial charge in [-0.2, -0.15) is 5.10 Å². The number of carboxylic acid groups (broad SMARTS) is 1. The number of carbonyl (C=O) groups is 1. The fraction of sp³-hybridized carbons (Fsp3) is 0.409. The Morgan fingerprint density at radius 1 is 1.30 bits per heavy atom. The van der Waals surface area contributed by atoms with E-state index in [0.717, 1.165) is 36.0 Å². The fourth-order valence-corrected chi connectivity index (χ4v) is 4.72. The van der Waals surface area contributed by atoms with E-state index in [9.17, 15) is 18.7 Å². The highest BCUT2D eigenvalue weighted by molar-refractivity contribution is 5.86. The molecule has 2 aromatic heterocycles. The molecule has 0 bridgehead atoms. The maximum absolute atomic E-state index is 14.2. The lowest BCUT2D eigenvalue weighted by atomic mass is 9.92. The molecule has 1 aromatic carbocycles. The Bertz CT molecular complexity index is 1220. The SMILES string of the molecule is Cc1cc(C(=O)O)nc2c3c(nn12)CCN([C@H]1CO[C@H](c2cc(F)ccc2F)[C@@H](N)C1)C3.Cl. The third kappa shape index (κ3) is 4.19. The zero-order chi connectivity index (χ0) is 22.6. The molecular formula is C22H24ClF2N5O3. The van der Waals surface area contributed by atoms with Crippen molar-refractivity contribution in [3.63, 3.8) is 0 Å². The second kappa shape index (κ2) is 8.94. The van der Waals surface area contributed by atoms with Gasteiger partial charge in [0.2, 0.25) is 0 Å². The van der Waals surface area contributed by atoms with Crippen molar-refractivity contribution in [2.24, 2.45) is 5.73 Å². The molecule has 0 unspecified atom stereocenters. The number of fused-ring (bicyclic) bond motifs is 3. The van der Waals surface area contributed by atoms with Crippen LogP contribution in [0.3, 0.4) is 0 Å². The van der Waals surface area contributed by atoms with Crippen LogP contribution in [0.25, 0.3) is 5.65 Å². The minimum atomic E-state index is -1.08. The number of aromatic nitrogens is 3. The highest BCUT2D eigenvalue weighted by Gasteiger charge is 2.36. The van der Waals surface area contributed by atoms with Crippen LogP contribution in [0.2, 0.25) is 0 Å². The van der Waals surface area contributed by atoms with Gasteiger partial charge in [-0.25, -0.2) is 23.1 Å². The van der Waals surface area contributed by atoms with E-state index < -0.39 is 29.7 Å². The number of hydrogen-bond donors (Lipinski definition) is 2. The first-order chi connectivity index (χ1) is 15.3. The highest BCUT2D eigenvalue weighted by atomic mass is 35.5. The quantitative estimate of drug-likeness (QED) is 0.594. The van der Waals surface area contributed by atoms with Crippen molar-refractivity contribution in [2.45, 2.75) is 44.5 Å². The van der Waals surface area contributed by atoms with Crippen molar-refractivity contribution in [3.05, 3.63) is 64.1 Å². The normalized spacial score (nSPS) is 23.2. The Morgan fingerprint density at radius 2 is 2.09 bits per heavy atom. The van der Waals surface area contributed by atoms with Crippen molar-refractivity contribution >= 4 is 24.0 Å². The van der Waals surface area contributed by atoms with Gasteiger partial charge < -0.3 is 15.6 Å². The van der Waals surface area contributed by atoms with Crippen LogP contribution < -0.4 is 5.73 Å². The molecule has 2 aliphatic heterocycles. The first-order valence-electron chi connectivity index (χ1n) is 10.5. The second-order valence-corrected chi connectivity index (χ2v) is 8.44. The molecule has 5 rings (SSSR count). The molecule has 176 valence electrons. The summed E-state index contributed by atoms with van der Waals surface area (Å²) in [6.45, 7) is 3.41. The van der Waals surface area contributed by atoms with Crippen molar-refractivity contribution in [2.75, 3.05) is 13.2 Å². The third-order valence-electron chi connectivity index (χ3n) is 6.34. The Morgan fingerprint density at radius 3 is 2.82 bits per heavy atom. The van der Waals surface area contributed by atoms with Gasteiger partial charge in [0.05, 0.1) is 12.3 Å². The van der Waals surface area contributed by atoms with Crippen molar-refractivity contribution in [1.29, 1.82) is 0 Å². The Labute approximate surface area is 194 Å². The van der Waals surface area contributed by atoms with Crippen LogP contribution >= 0.6 is 12.4 Å². The minimum absolute atomic E-state index is 0. The number of hydrogen-bond acceptors (Lipinski definition) is 6. The van der Waals surface area contributed by atoms with Gasteiger partial charge in [-0.15, -0.1) is 12.4 Å². The van der Waals surface area contributed by atoms with E-state index in [-0.39, 0.29) is 29.7 Å². The zero-order valence-corrected chi connectivity index (χ0v) is 18.7. The number of rotatable bonds is 3. The van der Waals surface area contributed by atoms with Crippen LogP contribution in [-0.4, -0.2) is 55.8 Å². The summed E-state index contributed by atoms with van der Waals surface area (Å²) in [7, 11) is 0. The van der Waals surface area contributed by atoms with Gasteiger partial charge in [0.15, 0.2) is 11.3 Å². The Balaban J connectivity index is 0.00000259. The van der Waals surface area contributed by atoms with E-state index in [2.05, 4.69) is 15.0 Å². The number of aryl methyl sites for hydroxylation is 1. The molecule has 3 atom stereocenters. The molecule has 11 heteroatoms. The summed E-state index contributed by atoms with van der Waals surface area (Å²) in [5.74, 6) is -2.14. The minimum Gasteiger partial charge on any atom is -0.477 e. The van der Waals surface area contributed by atoms with Gasteiger partial charge in [0.25, 0.3) is 0 Å². The predicted molar refractivity (Wildman–Crippen MR) is 117 cm³/mol. The lowest BCUT2D eigenvalue weighted by Crippen LogP contribution is -2.50. The number of ether oxygens (including phenoxy) is 1. The van der Waals surface area contributed by atoms with Gasteiger partial charge in [0.1, 0.15) is 17.7 Å². The molecular weight excluding hydrogens is 456 g/mol. The number of aromatic carboxylic acids is 1. The molecule has 0 aliphatic carbocycles. The largest absolute Gasteiger partial charge is 0.477 e. The van der Waals surface area contributed by atoms with Gasteiger partial charge >= 0.3 is 5.97 Å². The lowest BCUT2D eigenvalue weighted by molar-refractivity contribution is -0.0547. The van der Waals surface area contributed by atoms with Gasteiger partial charge in [-0.05, 0) is 37.6 Å². The lowest BCUT2D eigenvalue weighted by Gasteiger charge is -2.41. The number of carboxylic acids is 1.